The zero-order valence-electron chi connectivity index (χ0n) is 13.4. The van der Waals surface area contributed by atoms with Crippen LogP contribution in [0.2, 0.25) is 0 Å². The number of rotatable bonds is 3. The molecule has 0 aromatic heterocycles. The van der Waals surface area contributed by atoms with Crippen LogP contribution in [0.5, 0.6) is 0 Å². The van der Waals surface area contributed by atoms with E-state index in [-0.39, 0.29) is 12.1 Å². The maximum atomic E-state index is 11.9. The van der Waals surface area contributed by atoms with Crippen LogP contribution in [0.25, 0.3) is 0 Å². The summed E-state index contributed by atoms with van der Waals surface area (Å²) in [4.78, 5) is 14.3. The van der Waals surface area contributed by atoms with Crippen LogP contribution < -0.4 is 5.32 Å². The number of hydrogen-bond acceptors (Lipinski definition) is 3. The number of carbonyl (C=O) groups is 1. The van der Waals surface area contributed by atoms with Gasteiger partial charge in [-0.05, 0) is 32.3 Å². The Labute approximate surface area is 127 Å². The molecule has 1 amide bonds. The molecule has 1 heterocycles. The third-order valence-corrected chi connectivity index (χ3v) is 3.64. The van der Waals surface area contributed by atoms with Crippen LogP contribution in [0.4, 0.5) is 4.79 Å². The van der Waals surface area contributed by atoms with Gasteiger partial charge >= 0.3 is 6.09 Å². The van der Waals surface area contributed by atoms with Crippen LogP contribution in [0, 0.1) is 5.92 Å². The normalized spacial score (nSPS) is 23.0. The van der Waals surface area contributed by atoms with Gasteiger partial charge in [0.15, 0.2) is 0 Å². The fourth-order valence-corrected chi connectivity index (χ4v) is 2.68. The van der Waals surface area contributed by atoms with Gasteiger partial charge in [0.2, 0.25) is 0 Å². The van der Waals surface area contributed by atoms with Gasteiger partial charge in [-0.25, -0.2) is 4.79 Å². The average molecular weight is 290 g/mol. The molecule has 116 valence electrons. The van der Waals surface area contributed by atoms with Gasteiger partial charge in [-0.2, -0.15) is 0 Å². The van der Waals surface area contributed by atoms with Crippen LogP contribution in [0.1, 0.15) is 33.3 Å². The zero-order chi connectivity index (χ0) is 15.5. The minimum absolute atomic E-state index is 0.156. The summed E-state index contributed by atoms with van der Waals surface area (Å²) < 4.78 is 5.33. The maximum Gasteiger partial charge on any atom is 0.407 e. The predicted molar refractivity (Wildman–Crippen MR) is 84.0 cm³/mol. The van der Waals surface area contributed by atoms with Crippen molar-refractivity contribution in [3.8, 4) is 0 Å². The highest BCUT2D eigenvalue weighted by atomic mass is 16.6. The highest BCUT2D eigenvalue weighted by Gasteiger charge is 2.31. The SMILES string of the molecule is CC1CN(Cc2ccccc2)C[C@@H]1NC(=O)OC(C)(C)C. The maximum absolute atomic E-state index is 11.9. The highest BCUT2D eigenvalue weighted by molar-refractivity contribution is 5.68. The molecule has 0 saturated carbocycles. The molecule has 1 saturated heterocycles. The molecule has 1 unspecified atom stereocenters. The molecule has 2 rings (SSSR count). The number of hydrogen-bond donors (Lipinski definition) is 1. The number of benzene rings is 1. The summed E-state index contributed by atoms with van der Waals surface area (Å²) in [5.41, 5.74) is 0.859. The van der Waals surface area contributed by atoms with Gasteiger partial charge in [0.05, 0.1) is 0 Å². The number of likely N-dealkylation sites (tertiary alicyclic amines) is 1. The van der Waals surface area contributed by atoms with E-state index in [1.54, 1.807) is 0 Å². The quantitative estimate of drug-likeness (QED) is 0.930. The molecular weight excluding hydrogens is 264 g/mol. The molecule has 0 bridgehead atoms. The van der Waals surface area contributed by atoms with Crippen LogP contribution in [-0.2, 0) is 11.3 Å². The van der Waals surface area contributed by atoms with E-state index in [9.17, 15) is 4.79 Å². The first-order valence-electron chi connectivity index (χ1n) is 7.59. The fourth-order valence-electron chi connectivity index (χ4n) is 2.68. The molecule has 2 atom stereocenters. The lowest BCUT2D eigenvalue weighted by atomic mass is 10.1. The first kappa shape index (κ1) is 15.8. The molecule has 4 heteroatoms. The highest BCUT2D eigenvalue weighted by Crippen LogP contribution is 2.19. The van der Waals surface area contributed by atoms with Crippen molar-refractivity contribution in [1.29, 1.82) is 0 Å². The molecule has 21 heavy (non-hydrogen) atoms. The second kappa shape index (κ2) is 6.48. The largest absolute Gasteiger partial charge is 0.444 e. The fraction of sp³-hybridized carbons (Fsp3) is 0.588. The van der Waals surface area contributed by atoms with Crippen molar-refractivity contribution < 1.29 is 9.53 Å². The Hall–Kier alpha value is -1.55. The first-order valence-corrected chi connectivity index (χ1v) is 7.59. The van der Waals surface area contributed by atoms with E-state index in [4.69, 9.17) is 4.74 Å². The summed E-state index contributed by atoms with van der Waals surface area (Å²) in [6.45, 7) is 10.6. The smallest absolute Gasteiger partial charge is 0.407 e. The van der Waals surface area contributed by atoms with Crippen LogP contribution >= 0.6 is 0 Å². The van der Waals surface area contributed by atoms with E-state index in [2.05, 4.69) is 41.4 Å². The number of nitrogens with one attached hydrogen (secondary N) is 1. The Bertz CT molecular complexity index is 467. The summed E-state index contributed by atoms with van der Waals surface area (Å²) >= 11 is 0. The standard InChI is InChI=1S/C17H26N2O2/c1-13-10-19(11-14-8-6-5-7-9-14)12-15(13)18-16(20)21-17(2,3)4/h5-9,13,15H,10-12H2,1-4H3,(H,18,20)/t13?,15-/m0/s1. The van der Waals surface area contributed by atoms with Crippen molar-refractivity contribution in [2.24, 2.45) is 5.92 Å². The van der Waals surface area contributed by atoms with E-state index < -0.39 is 5.60 Å². The molecule has 4 nitrogen and oxygen atoms in total. The monoisotopic (exact) mass is 290 g/mol. The molecule has 1 aromatic rings. The van der Waals surface area contributed by atoms with E-state index in [1.165, 1.54) is 5.56 Å². The van der Waals surface area contributed by atoms with Gasteiger partial charge in [0, 0.05) is 25.7 Å². The Morgan fingerprint density at radius 1 is 1.29 bits per heavy atom. The Morgan fingerprint density at radius 3 is 2.57 bits per heavy atom. The number of ether oxygens (including phenoxy) is 1. The summed E-state index contributed by atoms with van der Waals surface area (Å²) in [5.74, 6) is 0.432. The third-order valence-electron chi connectivity index (χ3n) is 3.64. The first-order chi connectivity index (χ1) is 9.83. The Kier molecular flexibility index (Phi) is 4.88. The molecule has 0 spiro atoms. The second-order valence-corrected chi connectivity index (χ2v) is 6.91. The molecule has 1 N–H and O–H groups in total. The van der Waals surface area contributed by atoms with Gasteiger partial charge in [-0.3, -0.25) is 4.90 Å². The number of alkyl carbamates (subject to hydrolysis) is 1. The lowest BCUT2D eigenvalue weighted by Gasteiger charge is -2.23. The number of amides is 1. The molecule has 1 aromatic carbocycles. The number of carbonyl (C=O) groups excluding carboxylic acids is 1. The molecule has 1 aliphatic rings. The summed E-state index contributed by atoms with van der Waals surface area (Å²) in [6.07, 6.45) is -0.319. The van der Waals surface area contributed by atoms with Crippen molar-refractivity contribution in [3.63, 3.8) is 0 Å². The lowest BCUT2D eigenvalue weighted by Crippen LogP contribution is -2.42. The van der Waals surface area contributed by atoms with Gasteiger partial charge in [-0.1, -0.05) is 37.3 Å². The van der Waals surface area contributed by atoms with Crippen molar-refractivity contribution >= 4 is 6.09 Å². The van der Waals surface area contributed by atoms with Crippen LogP contribution in [0.15, 0.2) is 30.3 Å². The molecular formula is C17H26N2O2. The third kappa shape index (κ3) is 5.05. The van der Waals surface area contributed by atoms with E-state index in [0.717, 1.165) is 19.6 Å². The van der Waals surface area contributed by atoms with Gasteiger partial charge in [-0.15, -0.1) is 0 Å². The zero-order valence-corrected chi connectivity index (χ0v) is 13.4. The molecule has 1 fully saturated rings. The van der Waals surface area contributed by atoms with Crippen LogP contribution in [-0.4, -0.2) is 35.7 Å². The van der Waals surface area contributed by atoms with Crippen molar-refractivity contribution in [3.05, 3.63) is 35.9 Å². The van der Waals surface area contributed by atoms with Gasteiger partial charge in [0.25, 0.3) is 0 Å². The predicted octanol–water partition coefficient (Wildman–Crippen LogP) is 3.03. The van der Waals surface area contributed by atoms with E-state index >= 15 is 0 Å². The average Bonchev–Trinajstić information content (AvgIpc) is 2.68. The summed E-state index contributed by atoms with van der Waals surface area (Å²) in [6, 6.07) is 10.6. The second-order valence-electron chi connectivity index (χ2n) is 6.91. The van der Waals surface area contributed by atoms with Crippen molar-refractivity contribution in [2.75, 3.05) is 13.1 Å². The van der Waals surface area contributed by atoms with Gasteiger partial charge < -0.3 is 10.1 Å². The van der Waals surface area contributed by atoms with Crippen molar-refractivity contribution in [2.45, 2.75) is 45.9 Å². The minimum atomic E-state index is -0.449. The van der Waals surface area contributed by atoms with E-state index in [0.29, 0.717) is 5.92 Å². The van der Waals surface area contributed by atoms with Crippen LogP contribution in [0.3, 0.4) is 0 Å². The summed E-state index contributed by atoms with van der Waals surface area (Å²) in [5, 5.41) is 3.00. The Morgan fingerprint density at radius 2 is 1.95 bits per heavy atom. The molecule has 0 radical (unpaired) electrons. The molecule has 0 aliphatic carbocycles. The Balaban J connectivity index is 1.85. The van der Waals surface area contributed by atoms with E-state index in [1.807, 2.05) is 26.8 Å². The topological polar surface area (TPSA) is 41.6 Å². The number of nitrogens with zero attached hydrogens (tertiary/aromatic N) is 1. The summed E-state index contributed by atoms with van der Waals surface area (Å²) in [7, 11) is 0. The lowest BCUT2D eigenvalue weighted by molar-refractivity contribution is 0.0497. The van der Waals surface area contributed by atoms with Gasteiger partial charge in [0.1, 0.15) is 5.60 Å². The molecule has 1 aliphatic heterocycles. The van der Waals surface area contributed by atoms with Crippen molar-refractivity contribution in [1.82, 2.24) is 10.2 Å². The minimum Gasteiger partial charge on any atom is -0.444 e.